The van der Waals surface area contributed by atoms with E-state index in [0.717, 1.165) is 33.0 Å². The maximum atomic E-state index is 12.0. The van der Waals surface area contributed by atoms with Crippen LogP contribution in [-0.2, 0) is 6.54 Å². The van der Waals surface area contributed by atoms with Crippen LogP contribution in [0.3, 0.4) is 0 Å². The molecule has 0 unspecified atom stereocenters. The van der Waals surface area contributed by atoms with Gasteiger partial charge in [-0.25, -0.2) is 4.79 Å². The number of benzene rings is 2. The fourth-order valence-electron chi connectivity index (χ4n) is 3.10. The van der Waals surface area contributed by atoms with Crippen LogP contribution >= 0.6 is 15.9 Å². The summed E-state index contributed by atoms with van der Waals surface area (Å²) in [6.45, 7) is 6.80. The van der Waals surface area contributed by atoms with Gasteiger partial charge in [0.1, 0.15) is 5.58 Å². The minimum Gasteiger partial charge on any atom is -0.422 e. The van der Waals surface area contributed by atoms with Gasteiger partial charge in [-0.2, -0.15) is 0 Å². The van der Waals surface area contributed by atoms with E-state index in [0.29, 0.717) is 12.1 Å². The second-order valence-electron chi connectivity index (χ2n) is 6.37. The van der Waals surface area contributed by atoms with Gasteiger partial charge in [-0.05, 0) is 54.7 Å². The van der Waals surface area contributed by atoms with Crippen molar-refractivity contribution >= 4 is 26.9 Å². The number of aryl methyl sites for hydroxylation is 2. The summed E-state index contributed by atoms with van der Waals surface area (Å²) in [7, 11) is 0. The molecule has 0 aliphatic rings. The molecule has 1 aromatic heterocycles. The molecule has 3 rings (SSSR count). The van der Waals surface area contributed by atoms with Crippen LogP contribution in [0.15, 0.2) is 56.1 Å². The van der Waals surface area contributed by atoms with Gasteiger partial charge < -0.3 is 9.73 Å². The molecule has 3 aromatic rings. The molecule has 0 aliphatic heterocycles. The van der Waals surface area contributed by atoms with E-state index in [-0.39, 0.29) is 11.7 Å². The highest BCUT2D eigenvalue weighted by atomic mass is 79.9. The van der Waals surface area contributed by atoms with Gasteiger partial charge in [-0.3, -0.25) is 0 Å². The summed E-state index contributed by atoms with van der Waals surface area (Å²) in [5.74, 6) is 0. The number of fused-ring (bicyclic) bond motifs is 1. The van der Waals surface area contributed by atoms with Crippen LogP contribution in [-0.4, -0.2) is 0 Å². The maximum Gasteiger partial charge on any atom is 0.336 e. The molecule has 25 heavy (non-hydrogen) atoms. The molecule has 1 N–H and O–H groups in total. The molecule has 0 spiro atoms. The molecule has 0 fully saturated rings. The number of rotatable bonds is 5. The molecule has 1 heterocycles. The number of halogens is 1. The van der Waals surface area contributed by atoms with Gasteiger partial charge in [0.2, 0.25) is 0 Å². The zero-order valence-electron chi connectivity index (χ0n) is 14.7. The van der Waals surface area contributed by atoms with Crippen LogP contribution < -0.4 is 10.9 Å². The molecule has 0 bridgehead atoms. The maximum absolute atomic E-state index is 12.0. The van der Waals surface area contributed by atoms with Gasteiger partial charge in [0, 0.05) is 28.5 Å². The van der Waals surface area contributed by atoms with Gasteiger partial charge in [0.25, 0.3) is 0 Å². The molecule has 130 valence electrons. The van der Waals surface area contributed by atoms with Crippen LogP contribution in [0.1, 0.15) is 41.6 Å². The van der Waals surface area contributed by atoms with Crippen molar-refractivity contribution < 1.29 is 4.42 Å². The highest BCUT2D eigenvalue weighted by Gasteiger charge is 2.12. The summed E-state index contributed by atoms with van der Waals surface area (Å²) in [5, 5.41) is 4.58. The molecular weight excluding hydrogens is 378 g/mol. The average molecular weight is 400 g/mol. The summed E-state index contributed by atoms with van der Waals surface area (Å²) in [6.07, 6.45) is 0.971. The highest BCUT2D eigenvalue weighted by Crippen LogP contribution is 2.25. The molecule has 2 aromatic carbocycles. The Bertz CT molecular complexity index is 945. The van der Waals surface area contributed by atoms with E-state index in [4.69, 9.17) is 4.42 Å². The molecule has 3 nitrogen and oxygen atoms in total. The summed E-state index contributed by atoms with van der Waals surface area (Å²) in [5.41, 5.74) is 4.77. The Morgan fingerprint density at radius 2 is 1.84 bits per heavy atom. The van der Waals surface area contributed by atoms with Gasteiger partial charge in [0.15, 0.2) is 0 Å². The Morgan fingerprint density at radius 3 is 2.52 bits per heavy atom. The second kappa shape index (κ2) is 7.54. The number of hydrogen-bond acceptors (Lipinski definition) is 3. The first-order chi connectivity index (χ1) is 12.0. The van der Waals surface area contributed by atoms with Crippen molar-refractivity contribution in [1.82, 2.24) is 5.32 Å². The van der Waals surface area contributed by atoms with Crippen molar-refractivity contribution in [2.24, 2.45) is 0 Å². The van der Waals surface area contributed by atoms with E-state index in [2.05, 4.69) is 58.5 Å². The largest absolute Gasteiger partial charge is 0.422 e. The summed E-state index contributed by atoms with van der Waals surface area (Å²) >= 11 is 3.47. The number of hydrogen-bond donors (Lipinski definition) is 1. The summed E-state index contributed by atoms with van der Waals surface area (Å²) in [4.78, 5) is 12.0. The van der Waals surface area contributed by atoms with Gasteiger partial charge >= 0.3 is 5.63 Å². The minimum absolute atomic E-state index is 0.238. The SMILES string of the molecule is CC[C@@H](NCc1cc(=O)oc2c(C)c(C)ccc12)c1ccc(Br)cc1. The Balaban J connectivity index is 1.91. The molecule has 0 saturated heterocycles. The predicted octanol–water partition coefficient (Wildman–Crippen LogP) is 5.41. The van der Waals surface area contributed by atoms with Crippen LogP contribution in [0.5, 0.6) is 0 Å². The van der Waals surface area contributed by atoms with Crippen molar-refractivity contribution in [2.75, 3.05) is 0 Å². The first-order valence-corrected chi connectivity index (χ1v) is 9.30. The van der Waals surface area contributed by atoms with E-state index in [1.54, 1.807) is 6.07 Å². The van der Waals surface area contributed by atoms with Crippen LogP contribution in [0.25, 0.3) is 11.0 Å². The van der Waals surface area contributed by atoms with Gasteiger partial charge in [-0.1, -0.05) is 47.1 Å². The Kier molecular flexibility index (Phi) is 5.40. The molecular formula is C21H22BrNO2. The van der Waals surface area contributed by atoms with Gasteiger partial charge in [0.05, 0.1) is 0 Å². The minimum atomic E-state index is -0.297. The van der Waals surface area contributed by atoms with Crippen molar-refractivity contribution in [3.8, 4) is 0 Å². The lowest BCUT2D eigenvalue weighted by Crippen LogP contribution is -2.21. The quantitative estimate of drug-likeness (QED) is 0.582. The lowest BCUT2D eigenvalue weighted by Gasteiger charge is -2.18. The van der Waals surface area contributed by atoms with Gasteiger partial charge in [-0.15, -0.1) is 0 Å². The molecule has 0 radical (unpaired) electrons. The van der Waals surface area contributed by atoms with Crippen LogP contribution in [0, 0.1) is 13.8 Å². The zero-order chi connectivity index (χ0) is 18.0. The third-order valence-corrected chi connectivity index (χ3v) is 5.27. The van der Waals surface area contributed by atoms with Crippen molar-refractivity contribution in [3.05, 3.63) is 79.6 Å². The molecule has 4 heteroatoms. The Morgan fingerprint density at radius 1 is 1.12 bits per heavy atom. The van der Waals surface area contributed by atoms with Crippen molar-refractivity contribution in [1.29, 1.82) is 0 Å². The molecule has 1 atom stereocenters. The first kappa shape index (κ1) is 17.9. The monoisotopic (exact) mass is 399 g/mol. The molecule has 0 saturated carbocycles. The fourth-order valence-corrected chi connectivity index (χ4v) is 3.36. The van der Waals surface area contributed by atoms with E-state index < -0.39 is 0 Å². The highest BCUT2D eigenvalue weighted by molar-refractivity contribution is 9.10. The first-order valence-electron chi connectivity index (χ1n) is 8.51. The lowest BCUT2D eigenvalue weighted by molar-refractivity contribution is 0.514. The molecule has 0 amide bonds. The standard InChI is InChI=1S/C21H22BrNO2/c1-4-19(15-6-8-17(22)9-7-15)23-12-16-11-20(24)25-21-14(3)13(2)5-10-18(16)21/h5-11,19,23H,4,12H2,1-3H3/t19-/m1/s1. The van der Waals surface area contributed by atoms with Crippen molar-refractivity contribution in [3.63, 3.8) is 0 Å². The molecule has 0 aliphatic carbocycles. The third-order valence-electron chi connectivity index (χ3n) is 4.74. The van der Waals surface area contributed by atoms with Crippen LogP contribution in [0.4, 0.5) is 0 Å². The lowest BCUT2D eigenvalue weighted by atomic mass is 10.0. The zero-order valence-corrected chi connectivity index (χ0v) is 16.3. The Hall–Kier alpha value is -1.91. The van der Waals surface area contributed by atoms with E-state index >= 15 is 0 Å². The van der Waals surface area contributed by atoms with E-state index in [1.165, 1.54) is 5.56 Å². The normalized spacial score (nSPS) is 12.5. The summed E-state index contributed by atoms with van der Waals surface area (Å²) in [6, 6.07) is 14.3. The fraction of sp³-hybridized carbons (Fsp3) is 0.286. The van der Waals surface area contributed by atoms with Crippen molar-refractivity contribution in [2.45, 2.75) is 39.8 Å². The second-order valence-corrected chi connectivity index (χ2v) is 7.28. The smallest absolute Gasteiger partial charge is 0.336 e. The third kappa shape index (κ3) is 3.86. The summed E-state index contributed by atoms with van der Waals surface area (Å²) < 4.78 is 6.53. The van der Waals surface area contributed by atoms with Crippen LogP contribution in [0.2, 0.25) is 0 Å². The number of nitrogens with one attached hydrogen (secondary N) is 1. The van der Waals surface area contributed by atoms with E-state index in [9.17, 15) is 4.79 Å². The average Bonchev–Trinajstić information content (AvgIpc) is 2.60. The Labute approximate surface area is 156 Å². The predicted molar refractivity (Wildman–Crippen MR) is 106 cm³/mol. The van der Waals surface area contributed by atoms with E-state index in [1.807, 2.05) is 19.9 Å². The topological polar surface area (TPSA) is 42.2 Å².